The minimum atomic E-state index is -1.08. The first-order chi connectivity index (χ1) is 11.1. The van der Waals surface area contributed by atoms with Crippen molar-refractivity contribution in [1.29, 1.82) is 0 Å². The van der Waals surface area contributed by atoms with Crippen LogP contribution < -0.4 is 4.74 Å². The van der Waals surface area contributed by atoms with E-state index in [9.17, 15) is 9.18 Å². The molecule has 0 fully saturated rings. The van der Waals surface area contributed by atoms with Crippen LogP contribution in [0.5, 0.6) is 5.75 Å². The van der Waals surface area contributed by atoms with Gasteiger partial charge in [-0.05, 0) is 18.2 Å². The number of fused-ring (bicyclic) bond motifs is 3. The fraction of sp³-hybridized carbons (Fsp3) is 0.125. The monoisotopic (exact) mass is 333 g/mol. The highest BCUT2D eigenvalue weighted by molar-refractivity contribution is 6.33. The van der Waals surface area contributed by atoms with Crippen LogP contribution in [0.3, 0.4) is 0 Å². The predicted molar refractivity (Wildman–Crippen MR) is 80.2 cm³/mol. The molecule has 1 aliphatic heterocycles. The Labute approximate surface area is 134 Å². The van der Waals surface area contributed by atoms with E-state index >= 15 is 0 Å². The molecule has 2 aromatic carbocycles. The van der Waals surface area contributed by atoms with Gasteiger partial charge in [0, 0.05) is 12.0 Å². The number of carboxylic acid groups (broad SMARTS) is 1. The maximum Gasteiger partial charge on any atom is 0.345 e. The van der Waals surface area contributed by atoms with Crippen LogP contribution in [0.1, 0.15) is 5.56 Å². The first-order valence-electron chi connectivity index (χ1n) is 6.81. The molecule has 1 aromatic heterocycles. The summed E-state index contributed by atoms with van der Waals surface area (Å²) in [5, 5.41) is 13.8. The van der Waals surface area contributed by atoms with Gasteiger partial charge in [-0.1, -0.05) is 28.9 Å². The van der Waals surface area contributed by atoms with Gasteiger partial charge in [-0.2, -0.15) is 0 Å². The molecule has 0 saturated heterocycles. The minimum Gasteiger partial charge on any atom is -0.478 e. The predicted octanol–water partition coefficient (Wildman–Crippen LogP) is 3.68. The van der Waals surface area contributed by atoms with Crippen LogP contribution in [0.2, 0.25) is 5.02 Å². The van der Waals surface area contributed by atoms with Crippen LogP contribution in [0.15, 0.2) is 34.9 Å². The number of hydrogen-bond donors (Lipinski definition) is 1. The summed E-state index contributed by atoms with van der Waals surface area (Å²) in [5.74, 6) is -0.980. The quantitative estimate of drug-likeness (QED) is 0.774. The second-order valence-electron chi connectivity index (χ2n) is 5.20. The number of carboxylic acids is 1. The van der Waals surface area contributed by atoms with Gasteiger partial charge in [0.15, 0.2) is 11.9 Å². The van der Waals surface area contributed by atoms with Gasteiger partial charge in [-0.15, -0.1) is 0 Å². The molecule has 1 unspecified atom stereocenters. The SMILES string of the molecule is O=C(O)C1Cc2c(c(Cl)cc3c(-c4ccccc4F)onc23)O1. The molecule has 0 spiro atoms. The van der Waals surface area contributed by atoms with E-state index in [-0.39, 0.29) is 22.8 Å². The summed E-state index contributed by atoms with van der Waals surface area (Å²) in [5.41, 5.74) is 1.26. The number of carbonyl (C=O) groups is 1. The Hall–Kier alpha value is -2.60. The zero-order chi connectivity index (χ0) is 16.1. The second-order valence-corrected chi connectivity index (χ2v) is 5.61. The number of hydrogen-bond acceptors (Lipinski definition) is 4. The average molecular weight is 334 g/mol. The maximum atomic E-state index is 14.0. The van der Waals surface area contributed by atoms with E-state index in [0.29, 0.717) is 22.2 Å². The van der Waals surface area contributed by atoms with E-state index in [4.69, 9.17) is 26.0 Å². The minimum absolute atomic E-state index is 0.130. The number of ether oxygens (including phenoxy) is 1. The van der Waals surface area contributed by atoms with Crippen LogP contribution >= 0.6 is 11.6 Å². The summed E-state index contributed by atoms with van der Waals surface area (Å²) in [6.07, 6.45) is -0.882. The summed E-state index contributed by atoms with van der Waals surface area (Å²) >= 11 is 6.19. The second kappa shape index (κ2) is 4.96. The van der Waals surface area contributed by atoms with E-state index in [0.717, 1.165) is 0 Å². The van der Waals surface area contributed by atoms with E-state index in [1.54, 1.807) is 24.3 Å². The molecule has 7 heteroatoms. The van der Waals surface area contributed by atoms with Gasteiger partial charge in [0.25, 0.3) is 0 Å². The van der Waals surface area contributed by atoms with E-state index in [1.807, 2.05) is 0 Å². The molecule has 1 aliphatic rings. The Morgan fingerprint density at radius 3 is 2.91 bits per heavy atom. The Bertz CT molecular complexity index is 953. The van der Waals surface area contributed by atoms with Crippen LogP contribution in [0.25, 0.3) is 22.2 Å². The number of aliphatic carboxylic acids is 1. The van der Waals surface area contributed by atoms with Gasteiger partial charge in [0.1, 0.15) is 17.1 Å². The summed E-state index contributed by atoms with van der Waals surface area (Å²) in [7, 11) is 0. The summed E-state index contributed by atoms with van der Waals surface area (Å²) in [6.45, 7) is 0. The Kier molecular flexibility index (Phi) is 3.02. The van der Waals surface area contributed by atoms with Crippen molar-refractivity contribution in [3.05, 3.63) is 46.7 Å². The number of rotatable bonds is 2. The lowest BCUT2D eigenvalue weighted by molar-refractivity contribution is -0.144. The van der Waals surface area contributed by atoms with E-state index < -0.39 is 17.9 Å². The first-order valence-corrected chi connectivity index (χ1v) is 7.19. The van der Waals surface area contributed by atoms with Gasteiger partial charge < -0.3 is 14.4 Å². The topological polar surface area (TPSA) is 72.6 Å². The van der Waals surface area contributed by atoms with Gasteiger partial charge in [-0.3, -0.25) is 0 Å². The number of aromatic nitrogens is 1. The lowest BCUT2D eigenvalue weighted by Gasteiger charge is -2.05. The van der Waals surface area contributed by atoms with E-state index in [1.165, 1.54) is 6.07 Å². The molecule has 1 N–H and O–H groups in total. The van der Waals surface area contributed by atoms with Crippen molar-refractivity contribution in [2.24, 2.45) is 0 Å². The molecule has 5 nitrogen and oxygen atoms in total. The van der Waals surface area contributed by atoms with Crippen LogP contribution in [-0.4, -0.2) is 22.3 Å². The molecular weight excluding hydrogens is 325 g/mol. The third kappa shape index (κ3) is 2.06. The highest BCUT2D eigenvalue weighted by Crippen LogP contribution is 2.43. The summed E-state index contributed by atoms with van der Waals surface area (Å²) in [6, 6.07) is 7.71. The molecule has 0 radical (unpaired) electrons. The normalized spacial score (nSPS) is 16.3. The van der Waals surface area contributed by atoms with Gasteiger partial charge in [-0.25, -0.2) is 9.18 Å². The maximum absolute atomic E-state index is 14.0. The first kappa shape index (κ1) is 14.0. The fourth-order valence-electron chi connectivity index (χ4n) is 2.76. The molecule has 23 heavy (non-hydrogen) atoms. The summed E-state index contributed by atoms with van der Waals surface area (Å²) < 4.78 is 24.7. The highest BCUT2D eigenvalue weighted by atomic mass is 35.5. The standard InChI is InChI=1S/C16H9ClFNO4/c17-10-5-8-13(9-6-12(16(20)21)22-15(9)10)19-23-14(8)7-3-1-2-4-11(7)18/h1-5,12H,6H2,(H,20,21). The Morgan fingerprint density at radius 2 is 2.17 bits per heavy atom. The molecule has 3 aromatic rings. The molecule has 116 valence electrons. The number of benzene rings is 2. The Morgan fingerprint density at radius 1 is 1.39 bits per heavy atom. The van der Waals surface area contributed by atoms with Crippen LogP contribution in [-0.2, 0) is 11.2 Å². The lowest BCUT2D eigenvalue weighted by atomic mass is 10.0. The third-order valence-corrected chi connectivity index (χ3v) is 4.10. The van der Waals surface area contributed by atoms with Crippen LogP contribution in [0.4, 0.5) is 4.39 Å². The van der Waals surface area contributed by atoms with Crippen molar-refractivity contribution in [1.82, 2.24) is 5.16 Å². The van der Waals surface area contributed by atoms with Crippen molar-refractivity contribution < 1.29 is 23.6 Å². The molecule has 0 saturated carbocycles. The third-order valence-electron chi connectivity index (χ3n) is 3.82. The Balaban J connectivity index is 1.94. The zero-order valence-electron chi connectivity index (χ0n) is 11.5. The van der Waals surface area contributed by atoms with Crippen molar-refractivity contribution in [2.75, 3.05) is 0 Å². The van der Waals surface area contributed by atoms with Crippen LogP contribution in [0, 0.1) is 5.82 Å². The van der Waals surface area contributed by atoms with Crippen molar-refractivity contribution in [2.45, 2.75) is 12.5 Å². The van der Waals surface area contributed by atoms with E-state index in [2.05, 4.69) is 5.16 Å². The van der Waals surface area contributed by atoms with Crippen molar-refractivity contribution in [3.8, 4) is 17.1 Å². The van der Waals surface area contributed by atoms with Gasteiger partial charge >= 0.3 is 5.97 Å². The average Bonchev–Trinajstić information content (AvgIpc) is 3.12. The number of nitrogens with zero attached hydrogens (tertiary/aromatic N) is 1. The smallest absolute Gasteiger partial charge is 0.345 e. The molecule has 2 heterocycles. The van der Waals surface area contributed by atoms with Gasteiger partial charge in [0.05, 0.1) is 16.0 Å². The number of halogens is 2. The zero-order valence-corrected chi connectivity index (χ0v) is 12.3. The van der Waals surface area contributed by atoms with Crippen molar-refractivity contribution >= 4 is 28.5 Å². The molecule has 0 aliphatic carbocycles. The summed E-state index contributed by atoms with van der Waals surface area (Å²) in [4.78, 5) is 11.1. The largest absolute Gasteiger partial charge is 0.478 e. The molecule has 0 bridgehead atoms. The van der Waals surface area contributed by atoms with Crippen molar-refractivity contribution in [3.63, 3.8) is 0 Å². The highest BCUT2D eigenvalue weighted by Gasteiger charge is 2.34. The molecular formula is C16H9ClFNO4. The molecule has 1 atom stereocenters. The fourth-order valence-corrected chi connectivity index (χ4v) is 3.02. The van der Waals surface area contributed by atoms with Gasteiger partial charge in [0.2, 0.25) is 0 Å². The lowest BCUT2D eigenvalue weighted by Crippen LogP contribution is -2.24. The molecule has 4 rings (SSSR count). The molecule has 0 amide bonds.